The highest BCUT2D eigenvalue weighted by atomic mass is 127. The average molecular weight is 530 g/mol. The van der Waals surface area contributed by atoms with Crippen LogP contribution in [0.4, 0.5) is 14.5 Å². The van der Waals surface area contributed by atoms with Crippen molar-refractivity contribution in [3.8, 4) is 5.75 Å². The first-order valence-electron chi connectivity index (χ1n) is 9.55. The number of nitrogens with one attached hydrogen (secondary N) is 3. The zero-order valence-corrected chi connectivity index (χ0v) is 18.9. The molecule has 3 N–H and O–H groups in total. The Kier molecular flexibility index (Phi) is 9.28. The Labute approximate surface area is 191 Å². The van der Waals surface area contributed by atoms with Crippen molar-refractivity contribution in [2.45, 2.75) is 19.3 Å². The van der Waals surface area contributed by atoms with Crippen LogP contribution in [0.15, 0.2) is 47.5 Å². The van der Waals surface area contributed by atoms with E-state index in [0.717, 1.165) is 23.4 Å². The summed E-state index contributed by atoms with van der Waals surface area (Å²) in [6.07, 6.45) is 0.388. The van der Waals surface area contributed by atoms with Gasteiger partial charge in [0.15, 0.2) is 17.6 Å². The summed E-state index contributed by atoms with van der Waals surface area (Å²) < 4.78 is 31.6. The first-order chi connectivity index (χ1) is 14.1. The summed E-state index contributed by atoms with van der Waals surface area (Å²) in [5.74, 6) is -0.991. The molecule has 1 aliphatic heterocycles. The number of carbonyl (C=O) groups excluding carboxylic acids is 1. The fraction of sp³-hybridized carbons (Fsp3) is 0.333. The van der Waals surface area contributed by atoms with E-state index in [-0.39, 0.29) is 48.2 Å². The minimum atomic E-state index is -0.942. The molecule has 6 nitrogen and oxygen atoms in total. The highest BCUT2D eigenvalue weighted by Gasteiger charge is 2.24. The molecule has 162 valence electrons. The van der Waals surface area contributed by atoms with Crippen LogP contribution >= 0.6 is 24.0 Å². The highest BCUT2D eigenvalue weighted by Crippen LogP contribution is 2.31. The molecule has 0 aliphatic carbocycles. The third-order valence-corrected chi connectivity index (χ3v) is 4.47. The molecule has 2 aromatic carbocycles. The molecular formula is C21H25F2IN4O2. The van der Waals surface area contributed by atoms with E-state index in [1.165, 1.54) is 6.07 Å². The Bertz CT molecular complexity index is 895. The lowest BCUT2D eigenvalue weighted by molar-refractivity contribution is -0.116. The van der Waals surface area contributed by atoms with Crippen LogP contribution in [-0.2, 0) is 4.79 Å². The Morgan fingerprint density at radius 2 is 2.00 bits per heavy atom. The van der Waals surface area contributed by atoms with Crippen molar-refractivity contribution in [3.63, 3.8) is 0 Å². The molecule has 0 fully saturated rings. The van der Waals surface area contributed by atoms with Crippen LogP contribution in [0, 0.1) is 11.6 Å². The number of guanidine groups is 1. The van der Waals surface area contributed by atoms with Gasteiger partial charge in [0.05, 0.1) is 13.1 Å². The maximum absolute atomic E-state index is 13.2. The molecule has 0 saturated carbocycles. The van der Waals surface area contributed by atoms with Crippen LogP contribution in [-0.4, -0.2) is 38.1 Å². The summed E-state index contributed by atoms with van der Waals surface area (Å²) in [5, 5.41) is 9.17. The number of benzene rings is 2. The summed E-state index contributed by atoms with van der Waals surface area (Å²) in [7, 11) is 0. The van der Waals surface area contributed by atoms with Crippen molar-refractivity contribution in [3.05, 3.63) is 59.7 Å². The lowest BCUT2D eigenvalue weighted by atomic mass is 9.91. The van der Waals surface area contributed by atoms with Gasteiger partial charge in [-0.05, 0) is 30.7 Å². The van der Waals surface area contributed by atoms with Gasteiger partial charge in [-0.15, -0.1) is 24.0 Å². The fourth-order valence-electron chi connectivity index (χ4n) is 3.11. The van der Waals surface area contributed by atoms with Crippen LogP contribution in [0.25, 0.3) is 0 Å². The minimum absolute atomic E-state index is 0. The minimum Gasteiger partial charge on any atom is -0.492 e. The van der Waals surface area contributed by atoms with E-state index in [9.17, 15) is 13.6 Å². The van der Waals surface area contributed by atoms with Crippen LogP contribution in [0.3, 0.4) is 0 Å². The molecule has 0 aromatic heterocycles. The molecule has 1 unspecified atom stereocenters. The Morgan fingerprint density at radius 3 is 2.77 bits per heavy atom. The van der Waals surface area contributed by atoms with Gasteiger partial charge in [0.2, 0.25) is 5.91 Å². The quantitative estimate of drug-likeness (QED) is 0.221. The molecular weight excluding hydrogens is 505 g/mol. The number of amides is 1. The van der Waals surface area contributed by atoms with Gasteiger partial charge < -0.3 is 20.7 Å². The topological polar surface area (TPSA) is 74.8 Å². The average Bonchev–Trinajstić information content (AvgIpc) is 2.71. The molecule has 1 aliphatic rings. The highest BCUT2D eigenvalue weighted by molar-refractivity contribution is 14.0. The Morgan fingerprint density at radius 1 is 1.20 bits per heavy atom. The number of nitrogens with zero attached hydrogens (tertiary/aromatic N) is 1. The third kappa shape index (κ3) is 6.54. The van der Waals surface area contributed by atoms with E-state index >= 15 is 0 Å². The van der Waals surface area contributed by atoms with Gasteiger partial charge >= 0.3 is 0 Å². The molecule has 0 radical (unpaired) electrons. The molecule has 1 amide bonds. The summed E-state index contributed by atoms with van der Waals surface area (Å²) >= 11 is 0. The molecule has 9 heteroatoms. The van der Waals surface area contributed by atoms with Gasteiger partial charge in [-0.1, -0.05) is 18.2 Å². The zero-order valence-electron chi connectivity index (χ0n) is 16.6. The molecule has 30 heavy (non-hydrogen) atoms. The number of hydrogen-bond acceptors (Lipinski definition) is 3. The molecule has 1 atom stereocenters. The molecule has 0 bridgehead atoms. The molecule has 0 saturated heterocycles. The van der Waals surface area contributed by atoms with Gasteiger partial charge in [0.25, 0.3) is 0 Å². The van der Waals surface area contributed by atoms with E-state index in [4.69, 9.17) is 4.74 Å². The summed E-state index contributed by atoms with van der Waals surface area (Å²) in [5.41, 5.74) is 1.91. The Balaban J connectivity index is 0.00000320. The van der Waals surface area contributed by atoms with Crippen molar-refractivity contribution < 1.29 is 18.3 Å². The predicted octanol–water partition coefficient (Wildman–Crippen LogP) is 3.64. The monoisotopic (exact) mass is 530 g/mol. The first-order valence-corrected chi connectivity index (χ1v) is 9.55. The number of ether oxygens (including phenoxy) is 1. The largest absolute Gasteiger partial charge is 0.492 e. The number of rotatable bonds is 7. The van der Waals surface area contributed by atoms with E-state index in [1.807, 2.05) is 31.2 Å². The summed E-state index contributed by atoms with van der Waals surface area (Å²) in [6, 6.07) is 11.2. The standard InChI is InChI=1S/C21H24F2N4O2.HI/c1-2-24-21(25-9-10-29-15-7-8-17(22)18(23)12-15)26-13-14-11-20(28)27-19-6-4-3-5-16(14)19;/h3-8,12,14H,2,9-11,13H2,1H3,(H,27,28)(H2,24,25,26);1H. The fourth-order valence-corrected chi connectivity index (χ4v) is 3.11. The Hall–Kier alpha value is -2.43. The van der Waals surface area contributed by atoms with Gasteiger partial charge in [-0.25, -0.2) is 8.78 Å². The lowest BCUT2D eigenvalue weighted by Crippen LogP contribution is -2.39. The smallest absolute Gasteiger partial charge is 0.225 e. The summed E-state index contributed by atoms with van der Waals surface area (Å²) in [6.45, 7) is 3.77. The second-order valence-electron chi connectivity index (χ2n) is 6.61. The van der Waals surface area contributed by atoms with E-state index in [0.29, 0.717) is 32.0 Å². The maximum atomic E-state index is 13.2. The maximum Gasteiger partial charge on any atom is 0.225 e. The van der Waals surface area contributed by atoms with E-state index in [1.54, 1.807) is 0 Å². The van der Waals surface area contributed by atoms with Crippen LogP contribution in [0.1, 0.15) is 24.8 Å². The second kappa shape index (κ2) is 11.7. The second-order valence-corrected chi connectivity index (χ2v) is 6.61. The number of fused-ring (bicyclic) bond motifs is 1. The molecule has 1 heterocycles. The van der Waals surface area contributed by atoms with Crippen molar-refractivity contribution in [1.82, 2.24) is 10.6 Å². The van der Waals surface area contributed by atoms with Crippen LogP contribution in [0.5, 0.6) is 5.75 Å². The zero-order chi connectivity index (χ0) is 20.6. The normalized spacial score (nSPS) is 15.5. The number of hydrogen-bond donors (Lipinski definition) is 3. The van der Waals surface area contributed by atoms with E-state index in [2.05, 4.69) is 20.9 Å². The predicted molar refractivity (Wildman–Crippen MR) is 124 cm³/mol. The SMILES string of the molecule is CCNC(=NCC1CC(=O)Nc2ccccc21)NCCOc1ccc(F)c(F)c1.I. The van der Waals surface area contributed by atoms with Gasteiger partial charge in [0, 0.05) is 30.6 Å². The number of anilines is 1. The van der Waals surface area contributed by atoms with Crippen LogP contribution < -0.4 is 20.7 Å². The molecule has 2 aromatic rings. The van der Waals surface area contributed by atoms with Crippen molar-refractivity contribution in [2.24, 2.45) is 4.99 Å². The molecule has 0 spiro atoms. The third-order valence-electron chi connectivity index (χ3n) is 4.47. The molecule has 3 rings (SSSR count). The van der Waals surface area contributed by atoms with Gasteiger partial charge in [-0.2, -0.15) is 0 Å². The van der Waals surface area contributed by atoms with Crippen molar-refractivity contribution in [1.29, 1.82) is 0 Å². The van der Waals surface area contributed by atoms with Crippen molar-refractivity contribution >= 4 is 41.5 Å². The van der Waals surface area contributed by atoms with Crippen molar-refractivity contribution in [2.75, 3.05) is 31.6 Å². The van der Waals surface area contributed by atoms with Gasteiger partial charge in [-0.3, -0.25) is 9.79 Å². The number of carbonyl (C=O) groups is 1. The lowest BCUT2D eigenvalue weighted by Gasteiger charge is -2.24. The van der Waals surface area contributed by atoms with Crippen LogP contribution in [0.2, 0.25) is 0 Å². The first kappa shape index (κ1) is 23.8. The van der Waals surface area contributed by atoms with Gasteiger partial charge in [0.1, 0.15) is 12.4 Å². The number of para-hydroxylation sites is 1. The number of aliphatic imine (C=N–C) groups is 1. The van der Waals surface area contributed by atoms with E-state index < -0.39 is 11.6 Å². The number of halogens is 3. The summed E-state index contributed by atoms with van der Waals surface area (Å²) in [4.78, 5) is 16.5.